The number of carbonyl (C=O) groups is 1. The van der Waals surface area contributed by atoms with E-state index in [0.717, 1.165) is 0 Å². The van der Waals surface area contributed by atoms with E-state index in [2.05, 4.69) is 4.72 Å². The van der Waals surface area contributed by atoms with Crippen molar-refractivity contribution in [2.24, 2.45) is 0 Å². The Balaban J connectivity index is 2.22. The number of nitrogens with zero attached hydrogens (tertiary/aromatic N) is 1. The molecule has 1 aromatic rings. The van der Waals surface area contributed by atoms with E-state index in [1.165, 1.54) is 31.3 Å². The summed E-state index contributed by atoms with van der Waals surface area (Å²) in [5.74, 6) is 0.584. The molecule has 1 heterocycles. The summed E-state index contributed by atoms with van der Waals surface area (Å²) in [6, 6.07) is 4.01. The first-order valence-corrected chi connectivity index (χ1v) is 8.08. The molecule has 1 saturated heterocycles. The van der Waals surface area contributed by atoms with Crippen LogP contribution < -0.4 is 14.2 Å². The fourth-order valence-corrected chi connectivity index (χ4v) is 3.75. The van der Waals surface area contributed by atoms with Crippen LogP contribution in [0.5, 0.6) is 11.5 Å². The minimum absolute atomic E-state index is 0.0388. The van der Waals surface area contributed by atoms with Gasteiger partial charge in [-0.25, -0.2) is 17.9 Å². The van der Waals surface area contributed by atoms with Crippen molar-refractivity contribution >= 4 is 16.1 Å². The summed E-state index contributed by atoms with van der Waals surface area (Å²) in [4.78, 5) is 12.0. The van der Waals surface area contributed by atoms with Gasteiger partial charge in [-0.15, -0.1) is 0 Å². The monoisotopic (exact) mass is 330 g/mol. The van der Waals surface area contributed by atoms with Gasteiger partial charge in [-0.2, -0.15) is 0 Å². The first-order chi connectivity index (χ1) is 10.4. The number of hydrogen-bond acceptors (Lipinski definition) is 5. The Morgan fingerprint density at radius 2 is 2.09 bits per heavy atom. The predicted molar refractivity (Wildman–Crippen MR) is 77.9 cm³/mol. The van der Waals surface area contributed by atoms with Gasteiger partial charge < -0.3 is 19.5 Å². The molecule has 1 aliphatic heterocycles. The van der Waals surface area contributed by atoms with Gasteiger partial charge >= 0.3 is 6.09 Å². The van der Waals surface area contributed by atoms with Gasteiger partial charge in [0, 0.05) is 25.2 Å². The molecule has 0 aliphatic carbocycles. The van der Waals surface area contributed by atoms with Gasteiger partial charge in [0.15, 0.2) is 0 Å². The third-order valence-electron chi connectivity index (χ3n) is 3.44. The minimum atomic E-state index is -3.84. The van der Waals surface area contributed by atoms with Crippen LogP contribution >= 0.6 is 0 Å². The Morgan fingerprint density at radius 1 is 1.36 bits per heavy atom. The Hall–Kier alpha value is -2.00. The summed E-state index contributed by atoms with van der Waals surface area (Å²) in [6.07, 6.45) is -0.627. The van der Waals surface area contributed by atoms with Crippen LogP contribution in [0.15, 0.2) is 23.1 Å². The van der Waals surface area contributed by atoms with Gasteiger partial charge in [0.05, 0.1) is 14.2 Å². The molecular formula is C13H18N2O6S. The number of carboxylic acid groups (broad SMARTS) is 1. The zero-order chi connectivity index (χ0) is 16.3. The van der Waals surface area contributed by atoms with Crippen LogP contribution in [0.25, 0.3) is 0 Å². The number of rotatable bonds is 5. The van der Waals surface area contributed by atoms with E-state index >= 15 is 0 Å². The molecule has 1 aliphatic rings. The molecule has 0 saturated carbocycles. The summed E-state index contributed by atoms with van der Waals surface area (Å²) in [5, 5.41) is 8.91. The molecule has 0 bridgehead atoms. The molecule has 8 nitrogen and oxygen atoms in total. The molecule has 122 valence electrons. The van der Waals surface area contributed by atoms with E-state index in [0.29, 0.717) is 18.7 Å². The Bertz CT molecular complexity index is 660. The maximum Gasteiger partial charge on any atom is 0.407 e. The summed E-state index contributed by atoms with van der Waals surface area (Å²) in [7, 11) is -1.03. The van der Waals surface area contributed by atoms with Crippen LogP contribution in [0, 0.1) is 0 Å². The Morgan fingerprint density at radius 3 is 2.64 bits per heavy atom. The fourth-order valence-electron chi connectivity index (χ4n) is 2.31. The molecule has 2 N–H and O–H groups in total. The fraction of sp³-hybridized carbons (Fsp3) is 0.462. The first kappa shape index (κ1) is 16.4. The third kappa shape index (κ3) is 3.42. The lowest BCUT2D eigenvalue weighted by Gasteiger charge is -2.16. The van der Waals surface area contributed by atoms with Crippen molar-refractivity contribution in [1.82, 2.24) is 9.62 Å². The maximum absolute atomic E-state index is 12.5. The molecule has 0 aromatic heterocycles. The van der Waals surface area contributed by atoms with Crippen molar-refractivity contribution < 1.29 is 27.8 Å². The quantitative estimate of drug-likeness (QED) is 0.825. The van der Waals surface area contributed by atoms with Gasteiger partial charge in [0.25, 0.3) is 0 Å². The largest absolute Gasteiger partial charge is 0.497 e. The molecule has 1 amide bonds. The van der Waals surface area contributed by atoms with Crippen LogP contribution in [-0.2, 0) is 10.0 Å². The molecule has 1 aromatic carbocycles. The molecule has 0 unspecified atom stereocenters. The maximum atomic E-state index is 12.5. The van der Waals surface area contributed by atoms with Gasteiger partial charge in [-0.1, -0.05) is 0 Å². The molecule has 0 spiro atoms. The third-order valence-corrected chi connectivity index (χ3v) is 4.98. The standard InChI is InChI=1S/C13H18N2O6S/c1-20-10-3-4-11(21-2)12(7-10)22(18,19)14-9-5-6-15(8-9)13(16)17/h3-4,7,9,14H,5-6,8H2,1-2H3,(H,16,17)/t9-/m1/s1. The summed E-state index contributed by atoms with van der Waals surface area (Å²) in [6.45, 7) is 0.429. The van der Waals surface area contributed by atoms with E-state index < -0.39 is 22.2 Å². The average molecular weight is 330 g/mol. The SMILES string of the molecule is COc1ccc(OC)c(S(=O)(=O)N[C@@H]2CCN(C(=O)O)C2)c1. The second-order valence-corrected chi connectivity index (χ2v) is 6.53. The van der Waals surface area contributed by atoms with Crippen LogP contribution in [0.1, 0.15) is 6.42 Å². The summed E-state index contributed by atoms with van der Waals surface area (Å²) in [5.41, 5.74) is 0. The number of methoxy groups -OCH3 is 2. The van der Waals surface area contributed by atoms with Crippen LogP contribution in [0.2, 0.25) is 0 Å². The first-order valence-electron chi connectivity index (χ1n) is 6.59. The van der Waals surface area contributed by atoms with Crippen LogP contribution in [0.4, 0.5) is 4.79 Å². The lowest BCUT2D eigenvalue weighted by Crippen LogP contribution is -2.38. The van der Waals surface area contributed by atoms with Crippen molar-refractivity contribution in [2.75, 3.05) is 27.3 Å². The normalized spacial score (nSPS) is 18.3. The predicted octanol–water partition coefficient (Wildman–Crippen LogP) is 0.734. The van der Waals surface area contributed by atoms with Gasteiger partial charge in [0.2, 0.25) is 10.0 Å². The smallest absolute Gasteiger partial charge is 0.407 e. The number of benzene rings is 1. The number of ether oxygens (including phenoxy) is 2. The number of likely N-dealkylation sites (tertiary alicyclic amines) is 1. The zero-order valence-electron chi connectivity index (χ0n) is 12.3. The van der Waals surface area contributed by atoms with Gasteiger partial charge in [0.1, 0.15) is 16.4 Å². The summed E-state index contributed by atoms with van der Waals surface area (Å²) >= 11 is 0. The molecule has 1 fully saturated rings. The highest BCUT2D eigenvalue weighted by atomic mass is 32.2. The van der Waals surface area contributed by atoms with E-state index in [1.54, 1.807) is 6.07 Å². The second kappa shape index (κ2) is 6.41. The van der Waals surface area contributed by atoms with E-state index in [4.69, 9.17) is 14.6 Å². The van der Waals surface area contributed by atoms with Crippen molar-refractivity contribution in [3.63, 3.8) is 0 Å². The highest BCUT2D eigenvalue weighted by Crippen LogP contribution is 2.28. The number of sulfonamides is 1. The lowest BCUT2D eigenvalue weighted by molar-refractivity contribution is 0.155. The van der Waals surface area contributed by atoms with Crippen molar-refractivity contribution in [1.29, 1.82) is 0 Å². The van der Waals surface area contributed by atoms with Gasteiger partial charge in [-0.05, 0) is 18.6 Å². The average Bonchev–Trinajstić information content (AvgIpc) is 2.94. The molecule has 2 rings (SSSR count). The number of hydrogen-bond donors (Lipinski definition) is 2. The summed E-state index contributed by atoms with van der Waals surface area (Å²) < 4.78 is 37.6. The van der Waals surface area contributed by atoms with Crippen molar-refractivity contribution in [2.45, 2.75) is 17.4 Å². The van der Waals surface area contributed by atoms with Gasteiger partial charge in [-0.3, -0.25) is 0 Å². The molecule has 22 heavy (non-hydrogen) atoms. The van der Waals surface area contributed by atoms with E-state index in [-0.39, 0.29) is 17.2 Å². The van der Waals surface area contributed by atoms with Crippen molar-refractivity contribution in [3.05, 3.63) is 18.2 Å². The molecule has 1 atom stereocenters. The highest BCUT2D eigenvalue weighted by Gasteiger charge is 2.31. The molecule has 9 heteroatoms. The highest BCUT2D eigenvalue weighted by molar-refractivity contribution is 7.89. The lowest BCUT2D eigenvalue weighted by atomic mass is 10.3. The Kier molecular flexibility index (Phi) is 4.77. The molecular weight excluding hydrogens is 312 g/mol. The number of nitrogens with one attached hydrogen (secondary N) is 1. The van der Waals surface area contributed by atoms with E-state index in [1.807, 2.05) is 0 Å². The van der Waals surface area contributed by atoms with Crippen molar-refractivity contribution in [3.8, 4) is 11.5 Å². The van der Waals surface area contributed by atoms with Crippen LogP contribution in [-0.4, -0.2) is 57.9 Å². The van der Waals surface area contributed by atoms with E-state index in [9.17, 15) is 13.2 Å². The topological polar surface area (TPSA) is 105 Å². The Labute approximate surface area is 128 Å². The minimum Gasteiger partial charge on any atom is -0.497 e. The zero-order valence-corrected chi connectivity index (χ0v) is 13.1. The van der Waals surface area contributed by atoms with Crippen LogP contribution in [0.3, 0.4) is 0 Å². The number of amides is 1. The second-order valence-electron chi connectivity index (χ2n) is 4.85. The molecule has 0 radical (unpaired) electrons.